The van der Waals surface area contributed by atoms with Crippen LogP contribution in [0.2, 0.25) is 0 Å². The fraction of sp³-hybridized carbons (Fsp3) is 0.471. The van der Waals surface area contributed by atoms with Gasteiger partial charge in [-0.2, -0.15) is 0 Å². The minimum absolute atomic E-state index is 0.321. The molecule has 4 heteroatoms. The van der Waals surface area contributed by atoms with Crippen LogP contribution in [-0.2, 0) is 6.54 Å². The Labute approximate surface area is 125 Å². The van der Waals surface area contributed by atoms with E-state index < -0.39 is 0 Å². The summed E-state index contributed by atoms with van der Waals surface area (Å²) in [5, 5.41) is 0. The van der Waals surface area contributed by atoms with E-state index in [0.29, 0.717) is 6.10 Å². The van der Waals surface area contributed by atoms with Crippen LogP contribution in [-0.4, -0.2) is 29.1 Å². The molecule has 2 heterocycles. The van der Waals surface area contributed by atoms with E-state index in [1.807, 2.05) is 19.1 Å². The number of benzene rings is 1. The van der Waals surface area contributed by atoms with Crippen LogP contribution >= 0.6 is 0 Å². The summed E-state index contributed by atoms with van der Waals surface area (Å²) in [5.41, 5.74) is 2.26. The fourth-order valence-corrected chi connectivity index (χ4v) is 2.78. The highest BCUT2D eigenvalue weighted by Gasteiger charge is 2.21. The molecule has 0 unspecified atom stereocenters. The minimum Gasteiger partial charge on any atom is -0.490 e. The lowest BCUT2D eigenvalue weighted by Gasteiger charge is -2.31. The molecule has 21 heavy (non-hydrogen) atoms. The van der Waals surface area contributed by atoms with E-state index in [4.69, 9.17) is 9.15 Å². The number of piperidine rings is 1. The SMILES string of the molecule is Cc1cccc(OC2CCN(Cc3coc(C)n3)CC2)c1. The van der Waals surface area contributed by atoms with Crippen LogP contribution in [0, 0.1) is 13.8 Å². The zero-order valence-electron chi connectivity index (χ0n) is 12.7. The summed E-state index contributed by atoms with van der Waals surface area (Å²) in [6.07, 6.45) is 4.20. The second kappa shape index (κ2) is 6.31. The Morgan fingerprint density at radius 2 is 2.10 bits per heavy atom. The van der Waals surface area contributed by atoms with Gasteiger partial charge in [-0.3, -0.25) is 4.90 Å². The van der Waals surface area contributed by atoms with Crippen molar-refractivity contribution < 1.29 is 9.15 Å². The van der Waals surface area contributed by atoms with Crippen molar-refractivity contribution in [2.75, 3.05) is 13.1 Å². The summed E-state index contributed by atoms with van der Waals surface area (Å²) in [4.78, 5) is 6.77. The molecule has 0 atom stereocenters. The normalized spacial score (nSPS) is 17.0. The van der Waals surface area contributed by atoms with Crippen LogP contribution in [0.15, 0.2) is 34.9 Å². The van der Waals surface area contributed by atoms with Crippen molar-refractivity contribution in [1.29, 1.82) is 0 Å². The van der Waals surface area contributed by atoms with Crippen molar-refractivity contribution in [1.82, 2.24) is 9.88 Å². The third-order valence-corrected chi connectivity index (χ3v) is 3.88. The monoisotopic (exact) mass is 286 g/mol. The van der Waals surface area contributed by atoms with Crippen LogP contribution in [0.1, 0.15) is 30.0 Å². The van der Waals surface area contributed by atoms with Gasteiger partial charge < -0.3 is 9.15 Å². The molecule has 1 aliphatic heterocycles. The Bertz CT molecular complexity index is 586. The van der Waals surface area contributed by atoms with Crippen molar-refractivity contribution in [3.05, 3.63) is 47.7 Å². The molecule has 1 fully saturated rings. The van der Waals surface area contributed by atoms with Gasteiger partial charge in [-0.1, -0.05) is 12.1 Å². The number of oxazole rings is 1. The smallest absolute Gasteiger partial charge is 0.191 e. The number of hydrogen-bond donors (Lipinski definition) is 0. The van der Waals surface area contributed by atoms with Gasteiger partial charge in [-0.05, 0) is 37.5 Å². The average Bonchev–Trinajstić information content (AvgIpc) is 2.86. The molecular weight excluding hydrogens is 264 g/mol. The van der Waals surface area contributed by atoms with E-state index in [1.54, 1.807) is 6.26 Å². The van der Waals surface area contributed by atoms with Crippen LogP contribution in [0.4, 0.5) is 0 Å². The standard InChI is InChI=1S/C17H22N2O2/c1-13-4-3-5-17(10-13)21-16-6-8-19(9-7-16)11-15-12-20-14(2)18-15/h3-5,10,12,16H,6-9,11H2,1-2H3. The number of hydrogen-bond acceptors (Lipinski definition) is 4. The van der Waals surface area contributed by atoms with E-state index >= 15 is 0 Å². The molecule has 2 aromatic rings. The highest BCUT2D eigenvalue weighted by molar-refractivity contribution is 5.27. The predicted octanol–water partition coefficient (Wildman–Crippen LogP) is 3.33. The quantitative estimate of drug-likeness (QED) is 0.864. The topological polar surface area (TPSA) is 38.5 Å². The van der Waals surface area contributed by atoms with Gasteiger partial charge in [0.25, 0.3) is 0 Å². The van der Waals surface area contributed by atoms with E-state index in [-0.39, 0.29) is 0 Å². The lowest BCUT2D eigenvalue weighted by molar-refractivity contribution is 0.0961. The molecular formula is C17H22N2O2. The molecule has 1 aromatic heterocycles. The molecule has 112 valence electrons. The van der Waals surface area contributed by atoms with Gasteiger partial charge in [-0.25, -0.2) is 4.98 Å². The summed E-state index contributed by atoms with van der Waals surface area (Å²) in [7, 11) is 0. The van der Waals surface area contributed by atoms with E-state index in [9.17, 15) is 0 Å². The van der Waals surface area contributed by atoms with Gasteiger partial charge in [0.1, 0.15) is 18.1 Å². The number of nitrogens with zero attached hydrogens (tertiary/aromatic N) is 2. The van der Waals surface area contributed by atoms with E-state index in [2.05, 4.69) is 28.9 Å². The van der Waals surface area contributed by atoms with Gasteiger partial charge in [-0.15, -0.1) is 0 Å². The third-order valence-electron chi connectivity index (χ3n) is 3.88. The molecule has 0 spiro atoms. The maximum atomic E-state index is 6.08. The van der Waals surface area contributed by atoms with E-state index in [0.717, 1.165) is 49.8 Å². The number of aromatic nitrogens is 1. The lowest BCUT2D eigenvalue weighted by Crippen LogP contribution is -2.37. The second-order valence-electron chi connectivity index (χ2n) is 5.77. The summed E-state index contributed by atoms with van der Waals surface area (Å²) >= 11 is 0. The Kier molecular flexibility index (Phi) is 4.25. The van der Waals surface area contributed by atoms with Crippen molar-refractivity contribution in [2.24, 2.45) is 0 Å². The first-order chi connectivity index (χ1) is 10.2. The first-order valence-electron chi connectivity index (χ1n) is 7.56. The molecule has 0 saturated carbocycles. The molecule has 1 aliphatic rings. The van der Waals surface area contributed by atoms with Gasteiger partial charge in [0.05, 0.1) is 5.69 Å². The Hall–Kier alpha value is -1.81. The van der Waals surface area contributed by atoms with Gasteiger partial charge in [0.15, 0.2) is 5.89 Å². The van der Waals surface area contributed by atoms with Crippen LogP contribution in [0.5, 0.6) is 5.75 Å². The van der Waals surface area contributed by atoms with E-state index in [1.165, 1.54) is 5.56 Å². The van der Waals surface area contributed by atoms with Crippen molar-refractivity contribution in [2.45, 2.75) is 39.3 Å². The average molecular weight is 286 g/mol. The highest BCUT2D eigenvalue weighted by atomic mass is 16.5. The van der Waals surface area contributed by atoms with Gasteiger partial charge in [0, 0.05) is 26.6 Å². The van der Waals surface area contributed by atoms with Crippen molar-refractivity contribution in [3.63, 3.8) is 0 Å². The second-order valence-corrected chi connectivity index (χ2v) is 5.77. The first-order valence-corrected chi connectivity index (χ1v) is 7.56. The molecule has 0 aliphatic carbocycles. The summed E-state index contributed by atoms with van der Waals surface area (Å²) in [6, 6.07) is 8.28. The van der Waals surface area contributed by atoms with Crippen LogP contribution < -0.4 is 4.74 Å². The summed E-state index contributed by atoms with van der Waals surface area (Å²) < 4.78 is 11.3. The largest absolute Gasteiger partial charge is 0.490 e. The molecule has 0 radical (unpaired) electrons. The van der Waals surface area contributed by atoms with Crippen LogP contribution in [0.3, 0.4) is 0 Å². The zero-order valence-corrected chi connectivity index (χ0v) is 12.7. The lowest BCUT2D eigenvalue weighted by atomic mass is 10.1. The number of likely N-dealkylation sites (tertiary alicyclic amines) is 1. The summed E-state index contributed by atoms with van der Waals surface area (Å²) in [6.45, 7) is 6.93. The molecule has 0 bridgehead atoms. The molecule has 0 amide bonds. The zero-order chi connectivity index (χ0) is 14.7. The van der Waals surface area contributed by atoms with Crippen molar-refractivity contribution >= 4 is 0 Å². The Balaban J connectivity index is 1.48. The number of aryl methyl sites for hydroxylation is 2. The minimum atomic E-state index is 0.321. The number of ether oxygens (including phenoxy) is 1. The Morgan fingerprint density at radius 3 is 2.76 bits per heavy atom. The molecule has 0 N–H and O–H groups in total. The van der Waals surface area contributed by atoms with Gasteiger partial charge in [0.2, 0.25) is 0 Å². The Morgan fingerprint density at radius 1 is 1.29 bits per heavy atom. The molecule has 1 aromatic carbocycles. The highest BCUT2D eigenvalue weighted by Crippen LogP contribution is 2.20. The van der Waals surface area contributed by atoms with Crippen LogP contribution in [0.25, 0.3) is 0 Å². The molecule has 3 rings (SSSR count). The molecule has 1 saturated heterocycles. The maximum absolute atomic E-state index is 6.08. The number of rotatable bonds is 4. The maximum Gasteiger partial charge on any atom is 0.191 e. The first kappa shape index (κ1) is 14.1. The predicted molar refractivity (Wildman–Crippen MR) is 81.3 cm³/mol. The summed E-state index contributed by atoms with van der Waals surface area (Å²) in [5.74, 6) is 1.73. The molecule has 4 nitrogen and oxygen atoms in total. The van der Waals surface area contributed by atoms with Gasteiger partial charge >= 0.3 is 0 Å². The van der Waals surface area contributed by atoms with Crippen molar-refractivity contribution in [3.8, 4) is 5.75 Å². The third kappa shape index (κ3) is 3.85. The fourth-order valence-electron chi connectivity index (χ4n) is 2.78.